The Morgan fingerprint density at radius 2 is 1.46 bits per heavy atom. The minimum atomic E-state index is -1.30. The van der Waals surface area contributed by atoms with Crippen molar-refractivity contribution in [3.8, 4) is 11.5 Å². The Kier molecular flexibility index (Phi) is 5.34. The molecule has 0 heterocycles. The van der Waals surface area contributed by atoms with Crippen molar-refractivity contribution >= 4 is 22.5 Å². The number of ether oxygens (including phenoxy) is 2. The molecule has 0 spiro atoms. The first-order chi connectivity index (χ1) is 12.7. The number of carboxylic acid groups (broad SMARTS) is 1. The minimum Gasteiger partial charge on any atom is -0.490 e. The molecule has 0 saturated heterocycles. The van der Waals surface area contributed by atoms with Crippen molar-refractivity contribution in [2.75, 3.05) is 13.2 Å². The summed E-state index contributed by atoms with van der Waals surface area (Å²) in [6, 6.07) is 20.2. The molecule has 6 heteroatoms. The van der Waals surface area contributed by atoms with Crippen molar-refractivity contribution in [3.05, 3.63) is 72.3 Å². The van der Waals surface area contributed by atoms with Gasteiger partial charge in [-0.15, -0.1) is 0 Å². The van der Waals surface area contributed by atoms with E-state index in [4.69, 9.17) is 19.8 Å². The summed E-state index contributed by atoms with van der Waals surface area (Å²) in [7, 11) is 0. The Hall–Kier alpha value is -3.54. The van der Waals surface area contributed by atoms with E-state index < -0.39 is 11.7 Å². The van der Waals surface area contributed by atoms with Gasteiger partial charge in [-0.05, 0) is 47.2 Å². The third-order valence-electron chi connectivity index (χ3n) is 3.77. The van der Waals surface area contributed by atoms with Crippen LogP contribution in [0.4, 0.5) is 0 Å². The number of rotatable bonds is 7. The van der Waals surface area contributed by atoms with Crippen molar-refractivity contribution in [1.29, 1.82) is 0 Å². The highest BCUT2D eigenvalue weighted by molar-refractivity contribution is 6.42. The molecule has 2 N–H and O–H groups in total. The molecular formula is C20H17NO5. The second-order valence-corrected chi connectivity index (χ2v) is 5.48. The largest absolute Gasteiger partial charge is 0.490 e. The van der Waals surface area contributed by atoms with E-state index in [1.54, 1.807) is 12.1 Å². The van der Waals surface area contributed by atoms with Gasteiger partial charge in [-0.1, -0.05) is 35.5 Å². The van der Waals surface area contributed by atoms with Crippen LogP contribution in [0.1, 0.15) is 5.56 Å². The third kappa shape index (κ3) is 4.10. The lowest BCUT2D eigenvalue weighted by Crippen LogP contribution is -2.14. The molecule has 3 aromatic carbocycles. The normalized spacial score (nSPS) is 11.3. The van der Waals surface area contributed by atoms with E-state index in [1.807, 2.05) is 42.5 Å². The lowest BCUT2D eigenvalue weighted by Gasteiger charge is -2.09. The summed E-state index contributed by atoms with van der Waals surface area (Å²) >= 11 is 0. The molecule has 0 bridgehead atoms. The number of carboxylic acids is 1. The van der Waals surface area contributed by atoms with Crippen LogP contribution in [0.15, 0.2) is 71.9 Å². The molecule has 26 heavy (non-hydrogen) atoms. The molecule has 0 saturated carbocycles. The predicted octanol–water partition coefficient (Wildman–Crippen LogP) is 3.56. The van der Waals surface area contributed by atoms with Crippen LogP contribution in [0.2, 0.25) is 0 Å². The number of fused-ring (bicyclic) bond motifs is 1. The van der Waals surface area contributed by atoms with Crippen molar-refractivity contribution in [2.24, 2.45) is 5.16 Å². The van der Waals surface area contributed by atoms with Crippen molar-refractivity contribution < 1.29 is 24.6 Å². The van der Waals surface area contributed by atoms with Crippen LogP contribution in [0, 0.1) is 0 Å². The molecule has 0 aliphatic heterocycles. The molecule has 0 aromatic heterocycles. The van der Waals surface area contributed by atoms with E-state index in [-0.39, 0.29) is 0 Å². The fourth-order valence-electron chi connectivity index (χ4n) is 2.51. The molecule has 0 atom stereocenters. The van der Waals surface area contributed by atoms with Gasteiger partial charge in [0.2, 0.25) is 0 Å². The Bertz CT molecular complexity index is 934. The first kappa shape index (κ1) is 17.3. The summed E-state index contributed by atoms with van der Waals surface area (Å²) < 4.78 is 11.3. The van der Waals surface area contributed by atoms with E-state index in [9.17, 15) is 4.79 Å². The van der Waals surface area contributed by atoms with Gasteiger partial charge in [0.05, 0.1) is 0 Å². The quantitative estimate of drug-likeness (QED) is 0.294. The number of oxime groups is 1. The van der Waals surface area contributed by atoms with E-state index >= 15 is 0 Å². The van der Waals surface area contributed by atoms with E-state index in [0.29, 0.717) is 24.5 Å². The average molecular weight is 351 g/mol. The van der Waals surface area contributed by atoms with Crippen molar-refractivity contribution in [3.63, 3.8) is 0 Å². The maximum atomic E-state index is 10.9. The van der Waals surface area contributed by atoms with E-state index in [0.717, 1.165) is 16.5 Å². The zero-order valence-corrected chi connectivity index (χ0v) is 13.8. The lowest BCUT2D eigenvalue weighted by atomic mass is 10.1. The molecule has 132 valence electrons. The molecule has 0 radical (unpaired) electrons. The Balaban J connectivity index is 1.52. The minimum absolute atomic E-state index is 0.291. The highest BCUT2D eigenvalue weighted by atomic mass is 16.5. The molecule has 0 aliphatic rings. The summed E-state index contributed by atoms with van der Waals surface area (Å²) in [6.07, 6.45) is 0. The van der Waals surface area contributed by atoms with Gasteiger partial charge < -0.3 is 19.8 Å². The molecule has 3 rings (SSSR count). The molecular weight excluding hydrogens is 334 g/mol. The van der Waals surface area contributed by atoms with Gasteiger partial charge in [0.25, 0.3) is 0 Å². The summed E-state index contributed by atoms with van der Waals surface area (Å²) in [5, 5.41) is 22.7. The van der Waals surface area contributed by atoms with Crippen LogP contribution in [-0.2, 0) is 4.79 Å². The summed E-state index contributed by atoms with van der Waals surface area (Å²) in [4.78, 5) is 10.9. The number of benzene rings is 3. The maximum absolute atomic E-state index is 10.9. The third-order valence-corrected chi connectivity index (χ3v) is 3.77. The second-order valence-electron chi connectivity index (χ2n) is 5.48. The standard InChI is InChI=1S/C20H17NO5/c22-20(23)19(21-24)15-6-8-17(9-7-15)25-11-12-26-18-10-5-14-3-1-2-4-16(14)13-18/h1-10,13,24H,11-12H2,(H,22,23)/b21-19-. The van der Waals surface area contributed by atoms with Crippen LogP contribution in [-0.4, -0.2) is 35.2 Å². The van der Waals surface area contributed by atoms with Crippen molar-refractivity contribution in [2.45, 2.75) is 0 Å². The number of nitrogens with zero attached hydrogens (tertiary/aromatic N) is 1. The zero-order chi connectivity index (χ0) is 18.4. The van der Waals surface area contributed by atoms with Gasteiger partial charge in [0, 0.05) is 5.56 Å². The average Bonchev–Trinajstić information content (AvgIpc) is 2.66. The topological polar surface area (TPSA) is 88.4 Å². The molecule has 6 nitrogen and oxygen atoms in total. The number of carbonyl (C=O) groups is 1. The summed E-state index contributed by atoms with van der Waals surface area (Å²) in [6.45, 7) is 0.713. The van der Waals surface area contributed by atoms with Gasteiger partial charge in [0.15, 0.2) is 5.71 Å². The number of aliphatic carboxylic acids is 1. The molecule has 0 fully saturated rings. The SMILES string of the molecule is O=C(O)/C(=N\O)c1ccc(OCCOc2ccc3ccccc3c2)cc1. The first-order valence-corrected chi connectivity index (χ1v) is 7.97. The predicted molar refractivity (Wildman–Crippen MR) is 97.3 cm³/mol. The first-order valence-electron chi connectivity index (χ1n) is 7.97. The highest BCUT2D eigenvalue weighted by Crippen LogP contribution is 2.20. The van der Waals surface area contributed by atoms with Crippen molar-refractivity contribution in [1.82, 2.24) is 0 Å². The fourth-order valence-corrected chi connectivity index (χ4v) is 2.51. The molecule has 3 aromatic rings. The van der Waals surface area contributed by atoms with Gasteiger partial charge >= 0.3 is 5.97 Å². The van der Waals surface area contributed by atoms with Crippen LogP contribution in [0.5, 0.6) is 11.5 Å². The van der Waals surface area contributed by atoms with Gasteiger partial charge in [0.1, 0.15) is 24.7 Å². The van der Waals surface area contributed by atoms with Gasteiger partial charge in [-0.25, -0.2) is 4.79 Å². The van der Waals surface area contributed by atoms with Crippen LogP contribution < -0.4 is 9.47 Å². The second kappa shape index (κ2) is 8.02. The maximum Gasteiger partial charge on any atom is 0.358 e. The van der Waals surface area contributed by atoms with E-state index in [2.05, 4.69) is 5.16 Å². The van der Waals surface area contributed by atoms with Crippen LogP contribution in [0.3, 0.4) is 0 Å². The Labute approximate surface area is 149 Å². The lowest BCUT2D eigenvalue weighted by molar-refractivity contribution is -0.129. The van der Waals surface area contributed by atoms with E-state index in [1.165, 1.54) is 12.1 Å². The fraction of sp³-hybridized carbons (Fsp3) is 0.100. The summed E-state index contributed by atoms with van der Waals surface area (Å²) in [5.41, 5.74) is -0.129. The molecule has 0 unspecified atom stereocenters. The van der Waals surface area contributed by atoms with Gasteiger partial charge in [-0.2, -0.15) is 0 Å². The zero-order valence-electron chi connectivity index (χ0n) is 13.8. The Morgan fingerprint density at radius 1 is 0.846 bits per heavy atom. The molecule has 0 amide bonds. The number of hydrogen-bond donors (Lipinski definition) is 2. The number of hydrogen-bond acceptors (Lipinski definition) is 5. The highest BCUT2D eigenvalue weighted by Gasteiger charge is 2.12. The Morgan fingerprint density at radius 3 is 2.12 bits per heavy atom. The van der Waals surface area contributed by atoms with Crippen LogP contribution in [0.25, 0.3) is 10.8 Å². The van der Waals surface area contributed by atoms with Crippen LogP contribution >= 0.6 is 0 Å². The monoisotopic (exact) mass is 351 g/mol. The summed E-state index contributed by atoms with van der Waals surface area (Å²) in [5.74, 6) is 0.0383. The van der Waals surface area contributed by atoms with Gasteiger partial charge in [-0.3, -0.25) is 0 Å². The smallest absolute Gasteiger partial charge is 0.358 e. The molecule has 0 aliphatic carbocycles.